The monoisotopic (exact) mass is 397 g/mol. The Labute approximate surface area is 173 Å². The van der Waals surface area contributed by atoms with Gasteiger partial charge in [0.25, 0.3) is 0 Å². The van der Waals surface area contributed by atoms with Crippen LogP contribution in [0.1, 0.15) is 69.1 Å². The second kappa shape index (κ2) is 8.98. The topological polar surface area (TPSA) is 38.3 Å². The first kappa shape index (κ1) is 21.4. The fraction of sp³-hybridized carbons (Fsp3) is 0.480. The summed E-state index contributed by atoms with van der Waals surface area (Å²) >= 11 is 0. The molecule has 1 N–H and O–H groups in total. The van der Waals surface area contributed by atoms with Gasteiger partial charge in [-0.2, -0.15) is 0 Å². The normalized spacial score (nSPS) is 16.9. The average molecular weight is 398 g/mol. The van der Waals surface area contributed by atoms with E-state index in [2.05, 4.69) is 19.2 Å². The van der Waals surface area contributed by atoms with Gasteiger partial charge in [0, 0.05) is 5.69 Å². The Balaban J connectivity index is 1.87. The number of benzene rings is 2. The molecule has 0 aliphatic heterocycles. The lowest BCUT2D eigenvalue weighted by molar-refractivity contribution is -0.122. The third-order valence-corrected chi connectivity index (χ3v) is 6.15. The van der Waals surface area contributed by atoms with E-state index in [0.29, 0.717) is 0 Å². The van der Waals surface area contributed by atoms with Crippen molar-refractivity contribution in [3.05, 3.63) is 58.9 Å². The summed E-state index contributed by atoms with van der Waals surface area (Å²) in [5.74, 6) is 0.615. The van der Waals surface area contributed by atoms with Gasteiger partial charge in [0.05, 0.1) is 11.5 Å². The Kier molecular flexibility index (Phi) is 6.61. The molecule has 3 nitrogen and oxygen atoms in total. The fourth-order valence-corrected chi connectivity index (χ4v) is 4.31. The van der Waals surface area contributed by atoms with E-state index in [-0.39, 0.29) is 17.8 Å². The van der Waals surface area contributed by atoms with E-state index in [1.54, 1.807) is 12.1 Å². The molecule has 1 fully saturated rings. The Morgan fingerprint density at radius 2 is 1.69 bits per heavy atom. The molecule has 4 heteroatoms. The number of anilines is 1. The number of aryl methyl sites for hydroxylation is 2. The maximum Gasteiger partial charge on any atom is 0.235 e. The molecular weight excluding hydrogens is 365 g/mol. The standard InChI is InChI=1S/C25H32FNO2/c1-5-19(4)29-23-17(2)15-22(16-18(23)3)27-24(28)25(13-7-6-8-14-25)20-9-11-21(26)12-10-20/h9-12,15-16,19H,5-8,13-14H2,1-4H3,(H,27,28). The van der Waals surface area contributed by atoms with Gasteiger partial charge in [0.1, 0.15) is 11.6 Å². The smallest absolute Gasteiger partial charge is 0.235 e. The number of halogens is 1. The SMILES string of the molecule is CCC(C)Oc1c(C)cc(NC(=O)C2(c3ccc(F)cc3)CCCCC2)cc1C. The second-order valence-electron chi connectivity index (χ2n) is 8.38. The summed E-state index contributed by atoms with van der Waals surface area (Å²) in [6.07, 6.45) is 5.81. The van der Waals surface area contributed by atoms with Crippen molar-refractivity contribution in [3.8, 4) is 5.75 Å². The Hall–Kier alpha value is -2.36. The molecular formula is C25H32FNO2. The summed E-state index contributed by atoms with van der Waals surface area (Å²) in [5, 5.41) is 3.15. The average Bonchev–Trinajstić information content (AvgIpc) is 2.71. The van der Waals surface area contributed by atoms with Crippen molar-refractivity contribution >= 4 is 11.6 Å². The van der Waals surface area contributed by atoms with Crippen molar-refractivity contribution in [3.63, 3.8) is 0 Å². The molecule has 3 rings (SSSR count). The van der Waals surface area contributed by atoms with E-state index in [1.165, 1.54) is 12.1 Å². The minimum Gasteiger partial charge on any atom is -0.490 e. The number of rotatable bonds is 6. The highest BCUT2D eigenvalue weighted by Crippen LogP contribution is 2.41. The van der Waals surface area contributed by atoms with Crippen LogP contribution in [-0.4, -0.2) is 12.0 Å². The third kappa shape index (κ3) is 4.63. The van der Waals surface area contributed by atoms with Crippen molar-refractivity contribution in [2.24, 2.45) is 0 Å². The second-order valence-corrected chi connectivity index (χ2v) is 8.38. The van der Waals surface area contributed by atoms with Crippen LogP contribution in [0, 0.1) is 19.7 Å². The van der Waals surface area contributed by atoms with Crippen LogP contribution in [0.5, 0.6) is 5.75 Å². The first-order valence-corrected chi connectivity index (χ1v) is 10.7. The first-order chi connectivity index (χ1) is 13.9. The predicted molar refractivity (Wildman–Crippen MR) is 116 cm³/mol. The molecule has 2 aromatic rings. The Morgan fingerprint density at radius 1 is 1.10 bits per heavy atom. The van der Waals surface area contributed by atoms with Gasteiger partial charge in [-0.1, -0.05) is 38.3 Å². The van der Waals surface area contributed by atoms with E-state index in [9.17, 15) is 9.18 Å². The lowest BCUT2D eigenvalue weighted by Crippen LogP contribution is -2.42. The van der Waals surface area contributed by atoms with Crippen molar-refractivity contribution < 1.29 is 13.9 Å². The minimum atomic E-state index is -0.598. The van der Waals surface area contributed by atoms with Crippen LogP contribution in [0.4, 0.5) is 10.1 Å². The molecule has 1 atom stereocenters. The number of hydrogen-bond donors (Lipinski definition) is 1. The van der Waals surface area contributed by atoms with E-state index in [1.807, 2.05) is 26.0 Å². The van der Waals surface area contributed by atoms with Gasteiger partial charge in [-0.05, 0) is 81.0 Å². The molecule has 0 heterocycles. The van der Waals surface area contributed by atoms with E-state index < -0.39 is 5.41 Å². The number of ether oxygens (including phenoxy) is 1. The molecule has 0 spiro atoms. The molecule has 1 amide bonds. The fourth-order valence-electron chi connectivity index (χ4n) is 4.31. The van der Waals surface area contributed by atoms with Crippen molar-refractivity contribution in [2.45, 2.75) is 77.7 Å². The number of amides is 1. The van der Waals surface area contributed by atoms with Crippen molar-refractivity contribution in [2.75, 3.05) is 5.32 Å². The van der Waals surface area contributed by atoms with Crippen LogP contribution in [0.25, 0.3) is 0 Å². The quantitative estimate of drug-likeness (QED) is 0.607. The predicted octanol–water partition coefficient (Wildman–Crippen LogP) is 6.46. The van der Waals surface area contributed by atoms with Gasteiger partial charge in [-0.15, -0.1) is 0 Å². The third-order valence-electron chi connectivity index (χ3n) is 6.15. The van der Waals surface area contributed by atoms with Crippen LogP contribution >= 0.6 is 0 Å². The summed E-state index contributed by atoms with van der Waals surface area (Å²) in [7, 11) is 0. The van der Waals surface area contributed by atoms with Gasteiger partial charge in [-0.3, -0.25) is 4.79 Å². The number of hydrogen-bond acceptors (Lipinski definition) is 2. The van der Waals surface area contributed by atoms with Crippen LogP contribution in [0.3, 0.4) is 0 Å². The molecule has 1 unspecified atom stereocenters. The lowest BCUT2D eigenvalue weighted by atomic mass is 9.68. The molecule has 0 radical (unpaired) electrons. The van der Waals surface area contributed by atoms with Crippen molar-refractivity contribution in [1.29, 1.82) is 0 Å². The molecule has 0 bridgehead atoms. The van der Waals surface area contributed by atoms with Gasteiger partial charge >= 0.3 is 0 Å². The van der Waals surface area contributed by atoms with E-state index >= 15 is 0 Å². The highest BCUT2D eigenvalue weighted by Gasteiger charge is 2.41. The molecule has 29 heavy (non-hydrogen) atoms. The van der Waals surface area contributed by atoms with Crippen LogP contribution in [0.2, 0.25) is 0 Å². The molecule has 156 valence electrons. The highest BCUT2D eigenvalue weighted by molar-refractivity contribution is 5.99. The maximum absolute atomic E-state index is 13.5. The summed E-state index contributed by atoms with van der Waals surface area (Å²) in [4.78, 5) is 13.5. The van der Waals surface area contributed by atoms with Gasteiger partial charge in [-0.25, -0.2) is 4.39 Å². The van der Waals surface area contributed by atoms with Crippen LogP contribution in [0.15, 0.2) is 36.4 Å². The first-order valence-electron chi connectivity index (χ1n) is 10.7. The zero-order valence-electron chi connectivity index (χ0n) is 18.0. The molecule has 0 aromatic heterocycles. The van der Waals surface area contributed by atoms with Crippen LogP contribution < -0.4 is 10.1 Å². The van der Waals surface area contributed by atoms with Crippen LogP contribution in [-0.2, 0) is 10.2 Å². The molecule has 1 saturated carbocycles. The van der Waals surface area contributed by atoms with Gasteiger partial charge in [0.15, 0.2) is 0 Å². The lowest BCUT2D eigenvalue weighted by Gasteiger charge is -2.36. The van der Waals surface area contributed by atoms with Crippen molar-refractivity contribution in [1.82, 2.24) is 0 Å². The molecule has 2 aromatic carbocycles. The Morgan fingerprint density at radius 3 is 2.24 bits per heavy atom. The molecule has 1 aliphatic rings. The minimum absolute atomic E-state index is 0.00166. The summed E-state index contributed by atoms with van der Waals surface area (Å²) in [6.45, 7) is 8.18. The summed E-state index contributed by atoms with van der Waals surface area (Å²) < 4.78 is 19.5. The number of nitrogens with one attached hydrogen (secondary N) is 1. The summed E-state index contributed by atoms with van der Waals surface area (Å²) in [5.41, 5.74) is 3.12. The molecule has 1 aliphatic carbocycles. The molecule has 0 saturated heterocycles. The maximum atomic E-state index is 13.5. The number of carbonyl (C=O) groups is 1. The van der Waals surface area contributed by atoms with E-state index in [4.69, 9.17) is 4.74 Å². The Bertz CT molecular complexity index is 831. The number of carbonyl (C=O) groups excluding carboxylic acids is 1. The van der Waals surface area contributed by atoms with E-state index in [0.717, 1.165) is 66.7 Å². The zero-order valence-corrected chi connectivity index (χ0v) is 18.0. The van der Waals surface area contributed by atoms with Gasteiger partial charge < -0.3 is 10.1 Å². The summed E-state index contributed by atoms with van der Waals surface area (Å²) in [6, 6.07) is 10.4. The largest absolute Gasteiger partial charge is 0.490 e. The van der Waals surface area contributed by atoms with Gasteiger partial charge in [0.2, 0.25) is 5.91 Å². The highest BCUT2D eigenvalue weighted by atomic mass is 19.1. The zero-order chi connectivity index (χ0) is 21.0.